The van der Waals surface area contributed by atoms with Crippen LogP contribution < -0.4 is 5.43 Å². The number of ether oxygens (including phenoxy) is 1. The third kappa shape index (κ3) is 2.69. The predicted octanol–water partition coefficient (Wildman–Crippen LogP) is 2.30. The summed E-state index contributed by atoms with van der Waals surface area (Å²) in [6, 6.07) is 15.1. The zero-order valence-electron chi connectivity index (χ0n) is 10.3. The number of benzene rings is 2. The van der Waals surface area contributed by atoms with Crippen molar-refractivity contribution in [3.05, 3.63) is 42.5 Å². The molecule has 5 heteroatoms. The highest BCUT2D eigenvalue weighted by molar-refractivity contribution is 6.43. The molecule has 0 saturated heterocycles. The van der Waals surface area contributed by atoms with Crippen LogP contribution in [-0.4, -0.2) is 18.8 Å². The summed E-state index contributed by atoms with van der Waals surface area (Å²) in [6.45, 7) is 0. The van der Waals surface area contributed by atoms with Crippen molar-refractivity contribution in [3.8, 4) is 6.07 Å². The van der Waals surface area contributed by atoms with Gasteiger partial charge in [-0.1, -0.05) is 36.4 Å². The molecule has 0 aliphatic heterocycles. The number of rotatable bonds is 3. The molecule has 0 amide bonds. The average Bonchev–Trinajstić information content (AvgIpc) is 2.47. The fourth-order valence-corrected chi connectivity index (χ4v) is 1.65. The van der Waals surface area contributed by atoms with E-state index >= 15 is 0 Å². The summed E-state index contributed by atoms with van der Waals surface area (Å²) in [7, 11) is 1.20. The maximum absolute atomic E-state index is 11.2. The van der Waals surface area contributed by atoms with Crippen LogP contribution in [0.4, 0.5) is 5.69 Å². The number of nitriles is 1. The number of methoxy groups -OCH3 is 1. The Balaban J connectivity index is 2.34. The smallest absolute Gasteiger partial charge is 0.369 e. The molecule has 2 aromatic rings. The van der Waals surface area contributed by atoms with Gasteiger partial charge >= 0.3 is 5.97 Å². The predicted molar refractivity (Wildman–Crippen MR) is 72.6 cm³/mol. The van der Waals surface area contributed by atoms with Gasteiger partial charge in [-0.3, -0.25) is 5.43 Å². The Labute approximate surface area is 110 Å². The summed E-state index contributed by atoms with van der Waals surface area (Å²) >= 11 is 0. The van der Waals surface area contributed by atoms with E-state index in [4.69, 9.17) is 5.26 Å². The van der Waals surface area contributed by atoms with E-state index in [1.54, 1.807) is 6.07 Å². The molecule has 2 aromatic carbocycles. The first-order valence-electron chi connectivity index (χ1n) is 5.56. The number of hydrogen-bond acceptors (Lipinski definition) is 5. The molecular weight excluding hydrogens is 242 g/mol. The van der Waals surface area contributed by atoms with Crippen LogP contribution in [0.3, 0.4) is 0 Å². The number of anilines is 1. The summed E-state index contributed by atoms with van der Waals surface area (Å²) < 4.78 is 4.45. The van der Waals surface area contributed by atoms with Gasteiger partial charge in [-0.05, 0) is 11.5 Å². The molecule has 0 aliphatic carbocycles. The van der Waals surface area contributed by atoms with E-state index < -0.39 is 5.97 Å². The van der Waals surface area contributed by atoms with Crippen molar-refractivity contribution in [1.29, 1.82) is 5.26 Å². The molecule has 0 bridgehead atoms. The highest BCUT2D eigenvalue weighted by Crippen LogP contribution is 2.22. The van der Waals surface area contributed by atoms with E-state index in [0.717, 1.165) is 16.5 Å². The summed E-state index contributed by atoms with van der Waals surface area (Å²) in [5.41, 5.74) is 3.11. The maximum atomic E-state index is 11.2. The average molecular weight is 253 g/mol. The molecule has 0 aliphatic rings. The lowest BCUT2D eigenvalue weighted by molar-refractivity contribution is -0.132. The van der Waals surface area contributed by atoms with Crippen molar-refractivity contribution < 1.29 is 9.53 Å². The molecule has 0 heterocycles. The lowest BCUT2D eigenvalue weighted by Crippen LogP contribution is -2.15. The first kappa shape index (κ1) is 12.6. The summed E-state index contributed by atoms with van der Waals surface area (Å²) in [6.07, 6.45) is 0. The SMILES string of the molecule is COC(=O)/C(C#N)=N/Nc1cccc2ccccc12. The molecule has 0 aromatic heterocycles. The van der Waals surface area contributed by atoms with Crippen LogP contribution >= 0.6 is 0 Å². The zero-order valence-corrected chi connectivity index (χ0v) is 10.3. The molecule has 0 spiro atoms. The van der Waals surface area contributed by atoms with Crippen LogP contribution in [0.1, 0.15) is 0 Å². The number of fused-ring (bicyclic) bond motifs is 1. The number of carbonyl (C=O) groups is 1. The van der Waals surface area contributed by atoms with Gasteiger partial charge in [0.15, 0.2) is 0 Å². The second kappa shape index (κ2) is 5.65. The normalized spacial score (nSPS) is 10.8. The van der Waals surface area contributed by atoms with Crippen LogP contribution in [0.25, 0.3) is 10.8 Å². The van der Waals surface area contributed by atoms with Crippen molar-refractivity contribution in [2.75, 3.05) is 12.5 Å². The van der Waals surface area contributed by atoms with Crippen molar-refractivity contribution in [3.63, 3.8) is 0 Å². The third-order valence-electron chi connectivity index (χ3n) is 2.56. The monoisotopic (exact) mass is 253 g/mol. The minimum atomic E-state index is -0.768. The Kier molecular flexibility index (Phi) is 3.74. The second-order valence-corrected chi connectivity index (χ2v) is 3.70. The fraction of sp³-hybridized carbons (Fsp3) is 0.0714. The van der Waals surface area contributed by atoms with Gasteiger partial charge in [0.2, 0.25) is 5.71 Å². The molecule has 0 fully saturated rings. The van der Waals surface area contributed by atoms with Crippen LogP contribution in [0.15, 0.2) is 47.6 Å². The number of nitrogens with zero attached hydrogens (tertiary/aromatic N) is 2. The van der Waals surface area contributed by atoms with Gasteiger partial charge in [0.1, 0.15) is 6.07 Å². The molecule has 19 heavy (non-hydrogen) atoms. The standard InChI is InChI=1S/C14H11N3O2/c1-19-14(18)13(9-15)17-16-12-8-4-6-10-5-2-3-7-11(10)12/h2-8,16H,1H3/b17-13+. The Bertz CT molecular complexity index is 681. The summed E-state index contributed by atoms with van der Waals surface area (Å²) in [5.74, 6) is -0.768. The molecule has 0 unspecified atom stereocenters. The van der Waals surface area contributed by atoms with Crippen LogP contribution in [0.5, 0.6) is 0 Å². The number of nitrogens with one attached hydrogen (secondary N) is 1. The minimum Gasteiger partial charge on any atom is -0.464 e. The van der Waals surface area contributed by atoms with Crippen LogP contribution in [0, 0.1) is 11.3 Å². The van der Waals surface area contributed by atoms with Gasteiger partial charge in [0.05, 0.1) is 12.8 Å². The van der Waals surface area contributed by atoms with Gasteiger partial charge < -0.3 is 4.74 Å². The minimum absolute atomic E-state index is 0.324. The fourth-order valence-electron chi connectivity index (χ4n) is 1.65. The Morgan fingerprint density at radius 2 is 2.00 bits per heavy atom. The highest BCUT2D eigenvalue weighted by Gasteiger charge is 2.10. The van der Waals surface area contributed by atoms with Gasteiger partial charge in [-0.2, -0.15) is 10.4 Å². The number of hydrazone groups is 1. The molecular formula is C14H11N3O2. The van der Waals surface area contributed by atoms with Gasteiger partial charge in [-0.25, -0.2) is 4.79 Å². The molecule has 0 radical (unpaired) electrons. The molecule has 94 valence electrons. The second-order valence-electron chi connectivity index (χ2n) is 3.70. The van der Waals surface area contributed by atoms with E-state index in [2.05, 4.69) is 15.3 Å². The van der Waals surface area contributed by atoms with Gasteiger partial charge in [0, 0.05) is 5.39 Å². The molecule has 5 nitrogen and oxygen atoms in total. The third-order valence-corrected chi connectivity index (χ3v) is 2.56. The Morgan fingerprint density at radius 3 is 2.74 bits per heavy atom. The van der Waals surface area contributed by atoms with Crippen molar-refractivity contribution in [2.45, 2.75) is 0 Å². The first-order chi connectivity index (χ1) is 9.26. The highest BCUT2D eigenvalue weighted by atomic mass is 16.5. The first-order valence-corrected chi connectivity index (χ1v) is 5.56. The lowest BCUT2D eigenvalue weighted by atomic mass is 10.1. The number of esters is 1. The zero-order chi connectivity index (χ0) is 13.7. The maximum Gasteiger partial charge on any atom is 0.369 e. The summed E-state index contributed by atoms with van der Waals surface area (Å²) in [5, 5.41) is 14.6. The summed E-state index contributed by atoms with van der Waals surface area (Å²) in [4.78, 5) is 11.2. The van der Waals surface area contributed by atoms with Gasteiger partial charge in [0.25, 0.3) is 0 Å². The largest absolute Gasteiger partial charge is 0.464 e. The Hall–Kier alpha value is -2.87. The number of carbonyl (C=O) groups excluding carboxylic acids is 1. The van der Waals surface area contributed by atoms with Crippen LogP contribution in [-0.2, 0) is 9.53 Å². The van der Waals surface area contributed by atoms with Crippen molar-refractivity contribution in [2.24, 2.45) is 5.10 Å². The topological polar surface area (TPSA) is 74.5 Å². The van der Waals surface area contributed by atoms with Crippen molar-refractivity contribution in [1.82, 2.24) is 0 Å². The van der Waals surface area contributed by atoms with E-state index in [9.17, 15) is 4.79 Å². The van der Waals surface area contributed by atoms with Gasteiger partial charge in [-0.15, -0.1) is 0 Å². The van der Waals surface area contributed by atoms with Crippen LogP contribution in [0.2, 0.25) is 0 Å². The molecule has 2 rings (SSSR count). The Morgan fingerprint density at radius 1 is 1.26 bits per heavy atom. The molecule has 0 atom stereocenters. The quantitative estimate of drug-likeness (QED) is 0.517. The van der Waals surface area contributed by atoms with E-state index in [0.29, 0.717) is 0 Å². The van der Waals surface area contributed by atoms with Crippen molar-refractivity contribution >= 4 is 28.1 Å². The molecule has 0 saturated carbocycles. The lowest BCUT2D eigenvalue weighted by Gasteiger charge is -2.05. The molecule has 1 N–H and O–H groups in total. The van der Waals surface area contributed by atoms with E-state index in [1.165, 1.54) is 7.11 Å². The number of hydrogen-bond donors (Lipinski definition) is 1. The van der Waals surface area contributed by atoms with E-state index in [1.807, 2.05) is 42.5 Å². The van der Waals surface area contributed by atoms with E-state index in [-0.39, 0.29) is 5.71 Å².